The molecule has 0 fully saturated rings. The molecule has 2 aromatic carbocycles. The molecule has 0 amide bonds. The topological polar surface area (TPSA) is 36.4 Å². The summed E-state index contributed by atoms with van der Waals surface area (Å²) in [6.07, 6.45) is 2.86. The lowest BCUT2D eigenvalue weighted by molar-refractivity contribution is 0.182. The molecule has 3 heteroatoms. The van der Waals surface area contributed by atoms with Gasteiger partial charge in [-0.2, -0.15) is 0 Å². The summed E-state index contributed by atoms with van der Waals surface area (Å²) in [6.45, 7) is 1.27. The maximum Gasteiger partial charge on any atom is 0.0979 e. The van der Waals surface area contributed by atoms with Crippen molar-refractivity contribution in [3.63, 3.8) is 0 Å². The number of anilines is 1. The molecule has 1 atom stereocenters. The van der Waals surface area contributed by atoms with Crippen molar-refractivity contribution in [2.75, 3.05) is 11.4 Å². The number of benzene rings is 2. The van der Waals surface area contributed by atoms with E-state index in [0.717, 1.165) is 17.8 Å². The van der Waals surface area contributed by atoms with E-state index in [1.165, 1.54) is 5.56 Å². The smallest absolute Gasteiger partial charge is 0.0979 e. The van der Waals surface area contributed by atoms with Gasteiger partial charge in [0, 0.05) is 36.7 Å². The molecule has 3 aromatic rings. The minimum absolute atomic E-state index is 0.518. The lowest BCUT2D eigenvalue weighted by Crippen LogP contribution is -2.28. The molecule has 0 aliphatic rings. The van der Waals surface area contributed by atoms with E-state index in [1.807, 2.05) is 48.5 Å². The van der Waals surface area contributed by atoms with Crippen molar-refractivity contribution in [3.8, 4) is 0 Å². The maximum atomic E-state index is 10.5. The van der Waals surface area contributed by atoms with Crippen molar-refractivity contribution in [2.45, 2.75) is 12.6 Å². The van der Waals surface area contributed by atoms with Crippen molar-refractivity contribution in [1.82, 2.24) is 4.98 Å². The van der Waals surface area contributed by atoms with Crippen molar-refractivity contribution in [3.05, 3.63) is 96.3 Å². The van der Waals surface area contributed by atoms with Crippen LogP contribution in [-0.2, 0) is 6.54 Å². The third kappa shape index (κ3) is 4.18. The molecule has 0 saturated carbocycles. The van der Waals surface area contributed by atoms with Crippen LogP contribution in [0.25, 0.3) is 0 Å². The molecule has 0 aliphatic heterocycles. The van der Waals surface area contributed by atoms with E-state index in [2.05, 4.69) is 34.1 Å². The fraction of sp³-hybridized carbons (Fsp3) is 0.150. The zero-order chi connectivity index (χ0) is 15.9. The van der Waals surface area contributed by atoms with E-state index in [4.69, 9.17) is 0 Å². The van der Waals surface area contributed by atoms with Crippen molar-refractivity contribution < 1.29 is 5.11 Å². The van der Waals surface area contributed by atoms with Gasteiger partial charge in [-0.15, -0.1) is 0 Å². The van der Waals surface area contributed by atoms with Gasteiger partial charge in [0.05, 0.1) is 6.10 Å². The van der Waals surface area contributed by atoms with E-state index >= 15 is 0 Å². The van der Waals surface area contributed by atoms with Gasteiger partial charge < -0.3 is 10.0 Å². The molecule has 0 saturated heterocycles. The Labute approximate surface area is 136 Å². The second-order valence-corrected chi connectivity index (χ2v) is 5.50. The van der Waals surface area contributed by atoms with Gasteiger partial charge in [0.25, 0.3) is 0 Å². The van der Waals surface area contributed by atoms with Crippen molar-refractivity contribution >= 4 is 5.69 Å². The Morgan fingerprint density at radius 2 is 1.57 bits per heavy atom. The molecule has 3 nitrogen and oxygen atoms in total. The molecule has 1 aromatic heterocycles. The summed E-state index contributed by atoms with van der Waals surface area (Å²) in [7, 11) is 0. The van der Waals surface area contributed by atoms with Gasteiger partial charge in [0.15, 0.2) is 0 Å². The number of aromatic nitrogens is 1. The Kier molecular flexibility index (Phi) is 5.02. The molecule has 0 aliphatic carbocycles. The van der Waals surface area contributed by atoms with Crippen LogP contribution in [0.15, 0.2) is 85.2 Å². The SMILES string of the molecule is OC(CN(Cc1ccccc1)c1ccccc1)c1cccnc1. The highest BCUT2D eigenvalue weighted by Crippen LogP contribution is 2.21. The first kappa shape index (κ1) is 15.3. The van der Waals surface area contributed by atoms with Gasteiger partial charge >= 0.3 is 0 Å². The summed E-state index contributed by atoms with van der Waals surface area (Å²) < 4.78 is 0. The Hall–Kier alpha value is -2.65. The summed E-state index contributed by atoms with van der Waals surface area (Å²) >= 11 is 0. The summed E-state index contributed by atoms with van der Waals surface area (Å²) in [5, 5.41) is 10.5. The fourth-order valence-electron chi connectivity index (χ4n) is 2.59. The summed E-state index contributed by atoms with van der Waals surface area (Å²) in [5.74, 6) is 0. The van der Waals surface area contributed by atoms with Crippen LogP contribution in [0.3, 0.4) is 0 Å². The molecular formula is C20H20N2O. The highest BCUT2D eigenvalue weighted by Gasteiger charge is 2.14. The largest absolute Gasteiger partial charge is 0.386 e. The lowest BCUT2D eigenvalue weighted by Gasteiger charge is -2.27. The maximum absolute atomic E-state index is 10.5. The van der Waals surface area contributed by atoms with Gasteiger partial charge in [-0.1, -0.05) is 54.6 Å². The molecule has 23 heavy (non-hydrogen) atoms. The monoisotopic (exact) mass is 304 g/mol. The number of hydrogen-bond acceptors (Lipinski definition) is 3. The van der Waals surface area contributed by atoms with Gasteiger partial charge in [-0.05, 0) is 23.8 Å². The number of rotatable bonds is 6. The van der Waals surface area contributed by atoms with Gasteiger partial charge in [0.1, 0.15) is 0 Å². The Morgan fingerprint density at radius 1 is 0.870 bits per heavy atom. The summed E-state index contributed by atoms with van der Waals surface area (Å²) in [6, 6.07) is 24.2. The number of pyridine rings is 1. The highest BCUT2D eigenvalue weighted by molar-refractivity contribution is 5.47. The van der Waals surface area contributed by atoms with Gasteiger partial charge in [0.2, 0.25) is 0 Å². The third-order valence-electron chi connectivity index (χ3n) is 3.80. The zero-order valence-electron chi connectivity index (χ0n) is 12.9. The predicted molar refractivity (Wildman–Crippen MR) is 93.1 cm³/mol. The van der Waals surface area contributed by atoms with Crippen molar-refractivity contribution in [2.24, 2.45) is 0 Å². The molecule has 1 N–H and O–H groups in total. The van der Waals surface area contributed by atoms with Crippen LogP contribution in [0, 0.1) is 0 Å². The standard InChI is InChI=1S/C20H20N2O/c23-20(18-10-7-13-21-14-18)16-22(19-11-5-2-6-12-19)15-17-8-3-1-4-9-17/h1-14,20,23H,15-16H2. The van der Waals surface area contributed by atoms with Crippen LogP contribution in [0.2, 0.25) is 0 Å². The quantitative estimate of drug-likeness (QED) is 0.752. The average Bonchev–Trinajstić information content (AvgIpc) is 2.63. The second kappa shape index (κ2) is 7.56. The molecule has 0 radical (unpaired) electrons. The zero-order valence-corrected chi connectivity index (χ0v) is 12.9. The third-order valence-corrected chi connectivity index (χ3v) is 3.80. The van der Waals surface area contributed by atoms with Crippen LogP contribution in [0.1, 0.15) is 17.2 Å². The summed E-state index contributed by atoms with van der Waals surface area (Å²) in [4.78, 5) is 6.28. The van der Waals surface area contributed by atoms with Gasteiger partial charge in [-0.25, -0.2) is 0 Å². The predicted octanol–water partition coefficient (Wildman–Crippen LogP) is 3.82. The first-order chi connectivity index (χ1) is 11.3. The van der Waals surface area contributed by atoms with Crippen LogP contribution >= 0.6 is 0 Å². The Bertz CT molecular complexity index is 701. The highest BCUT2D eigenvalue weighted by atomic mass is 16.3. The van der Waals surface area contributed by atoms with E-state index in [1.54, 1.807) is 12.4 Å². The lowest BCUT2D eigenvalue weighted by atomic mass is 10.1. The minimum atomic E-state index is -0.576. The number of aliphatic hydroxyl groups excluding tert-OH is 1. The fourth-order valence-corrected chi connectivity index (χ4v) is 2.59. The van der Waals surface area contributed by atoms with Crippen LogP contribution in [-0.4, -0.2) is 16.6 Å². The number of aliphatic hydroxyl groups is 1. The molecule has 116 valence electrons. The minimum Gasteiger partial charge on any atom is -0.386 e. The summed E-state index contributed by atoms with van der Waals surface area (Å²) in [5.41, 5.74) is 3.15. The van der Waals surface area contributed by atoms with E-state index in [9.17, 15) is 5.11 Å². The van der Waals surface area contributed by atoms with Crippen LogP contribution < -0.4 is 4.90 Å². The average molecular weight is 304 g/mol. The number of para-hydroxylation sites is 1. The van der Waals surface area contributed by atoms with Crippen LogP contribution in [0.5, 0.6) is 0 Å². The van der Waals surface area contributed by atoms with E-state index in [-0.39, 0.29) is 0 Å². The van der Waals surface area contributed by atoms with Crippen LogP contribution in [0.4, 0.5) is 5.69 Å². The molecule has 1 heterocycles. The molecule has 0 bridgehead atoms. The molecule has 3 rings (SSSR count). The number of hydrogen-bond donors (Lipinski definition) is 1. The first-order valence-electron chi connectivity index (χ1n) is 7.75. The molecule has 1 unspecified atom stereocenters. The van der Waals surface area contributed by atoms with Gasteiger partial charge in [-0.3, -0.25) is 4.98 Å². The molecule has 0 spiro atoms. The first-order valence-corrected chi connectivity index (χ1v) is 7.75. The van der Waals surface area contributed by atoms with E-state index < -0.39 is 6.10 Å². The second-order valence-electron chi connectivity index (χ2n) is 5.50. The number of nitrogens with zero attached hydrogens (tertiary/aromatic N) is 2. The Morgan fingerprint density at radius 3 is 2.22 bits per heavy atom. The van der Waals surface area contributed by atoms with E-state index in [0.29, 0.717) is 6.54 Å². The Balaban J connectivity index is 1.81. The molecular weight excluding hydrogens is 284 g/mol. The van der Waals surface area contributed by atoms with Crippen molar-refractivity contribution in [1.29, 1.82) is 0 Å². The normalized spacial score (nSPS) is 11.9.